The lowest BCUT2D eigenvalue weighted by Gasteiger charge is -2.20. The number of carboxylic acids is 1. The second kappa shape index (κ2) is 10.4. The Balaban J connectivity index is 1.44. The molecule has 0 fully saturated rings. The first-order valence-corrected chi connectivity index (χ1v) is 11.2. The Morgan fingerprint density at radius 3 is 2.23 bits per heavy atom. The Hall–Kier alpha value is -4.20. The molecule has 7 nitrogen and oxygen atoms in total. The van der Waals surface area contributed by atoms with Crippen molar-refractivity contribution in [2.24, 2.45) is 0 Å². The monoisotopic (exact) mass is 476 g/mol. The summed E-state index contributed by atoms with van der Waals surface area (Å²) in [5.41, 5.74) is 4.73. The normalized spacial score (nSPS) is 12.9. The van der Waals surface area contributed by atoms with E-state index in [0.717, 1.165) is 22.3 Å². The summed E-state index contributed by atoms with van der Waals surface area (Å²) in [6, 6.07) is 18.9. The largest absolute Gasteiger partial charge is 0.481 e. The molecule has 180 valence electrons. The number of aliphatic carboxylic acids is 1. The highest BCUT2D eigenvalue weighted by Gasteiger charge is 2.30. The maximum absolute atomic E-state index is 13.8. The molecule has 0 aliphatic heterocycles. The average molecular weight is 477 g/mol. The van der Waals surface area contributed by atoms with Crippen molar-refractivity contribution in [1.29, 1.82) is 0 Å². The van der Waals surface area contributed by atoms with Crippen LogP contribution in [0.15, 0.2) is 66.7 Å². The molecule has 1 atom stereocenters. The van der Waals surface area contributed by atoms with E-state index in [-0.39, 0.29) is 36.6 Å². The predicted octanol–water partition coefficient (Wildman–Crippen LogP) is 4.84. The lowest BCUT2D eigenvalue weighted by Crippen LogP contribution is -2.44. The third kappa shape index (κ3) is 5.32. The molecule has 0 saturated heterocycles. The number of hydrogen-bond donors (Lipinski definition) is 3. The van der Waals surface area contributed by atoms with E-state index in [4.69, 9.17) is 9.84 Å². The van der Waals surface area contributed by atoms with Crippen molar-refractivity contribution in [3.63, 3.8) is 0 Å². The van der Waals surface area contributed by atoms with Crippen molar-refractivity contribution in [3.8, 4) is 11.1 Å². The molecule has 0 aromatic heterocycles. The molecule has 8 heteroatoms. The average Bonchev–Trinajstić information content (AvgIpc) is 3.17. The van der Waals surface area contributed by atoms with Crippen LogP contribution in [0, 0.1) is 12.7 Å². The highest BCUT2D eigenvalue weighted by Crippen LogP contribution is 2.44. The molecule has 4 rings (SSSR count). The fourth-order valence-corrected chi connectivity index (χ4v) is 4.28. The Kier molecular flexibility index (Phi) is 7.10. The topological polar surface area (TPSA) is 105 Å². The minimum Gasteiger partial charge on any atom is -0.481 e. The molecule has 1 aliphatic carbocycles. The molecule has 0 radical (unpaired) electrons. The molecule has 1 aliphatic rings. The van der Waals surface area contributed by atoms with E-state index in [1.807, 2.05) is 48.5 Å². The number of hydrogen-bond acceptors (Lipinski definition) is 4. The zero-order chi connectivity index (χ0) is 24.9. The van der Waals surface area contributed by atoms with Crippen molar-refractivity contribution in [2.75, 3.05) is 11.9 Å². The smallest absolute Gasteiger partial charge is 0.407 e. The number of carbonyl (C=O) groups excluding carboxylic acids is 2. The van der Waals surface area contributed by atoms with Crippen molar-refractivity contribution < 1.29 is 28.6 Å². The number of carbonyl (C=O) groups is 3. The molecule has 0 bridgehead atoms. The first-order chi connectivity index (χ1) is 16.8. The van der Waals surface area contributed by atoms with Crippen molar-refractivity contribution in [2.45, 2.75) is 31.7 Å². The Bertz CT molecular complexity index is 1230. The summed E-state index contributed by atoms with van der Waals surface area (Å²) in [6.07, 6.45) is -1.34. The maximum atomic E-state index is 13.8. The van der Waals surface area contributed by atoms with Crippen LogP contribution < -0.4 is 10.6 Å². The lowest BCUT2D eigenvalue weighted by atomic mass is 9.98. The number of halogens is 1. The third-order valence-electron chi connectivity index (χ3n) is 6.12. The van der Waals surface area contributed by atoms with E-state index in [1.54, 1.807) is 0 Å². The van der Waals surface area contributed by atoms with Crippen LogP contribution >= 0.6 is 0 Å². The molecular formula is C27H25FN2O5. The number of fused-ring (bicyclic) bond motifs is 3. The van der Waals surface area contributed by atoms with Crippen LogP contribution in [0.1, 0.15) is 35.4 Å². The molecule has 1 unspecified atom stereocenters. The van der Waals surface area contributed by atoms with E-state index in [9.17, 15) is 18.8 Å². The zero-order valence-electron chi connectivity index (χ0n) is 19.1. The minimum absolute atomic E-state index is 0.0517. The molecule has 35 heavy (non-hydrogen) atoms. The van der Waals surface area contributed by atoms with Gasteiger partial charge in [0.05, 0.1) is 0 Å². The minimum atomic E-state index is -1.18. The highest BCUT2D eigenvalue weighted by molar-refractivity contribution is 5.97. The van der Waals surface area contributed by atoms with Gasteiger partial charge in [0.1, 0.15) is 18.5 Å². The summed E-state index contributed by atoms with van der Waals surface area (Å²) >= 11 is 0. The molecule has 3 aromatic carbocycles. The van der Waals surface area contributed by atoms with Gasteiger partial charge in [0, 0.05) is 23.6 Å². The van der Waals surface area contributed by atoms with Crippen LogP contribution in [-0.4, -0.2) is 35.7 Å². The number of alkyl carbamates (subject to hydrolysis) is 1. The highest BCUT2D eigenvalue weighted by atomic mass is 19.1. The number of carboxylic acid groups (broad SMARTS) is 1. The van der Waals surface area contributed by atoms with Crippen LogP contribution in [-0.2, 0) is 14.3 Å². The Labute approximate surface area is 201 Å². The van der Waals surface area contributed by atoms with Crippen LogP contribution in [0.2, 0.25) is 0 Å². The summed E-state index contributed by atoms with van der Waals surface area (Å²) in [5.74, 6) is -2.42. The Morgan fingerprint density at radius 1 is 0.971 bits per heavy atom. The second-order valence-corrected chi connectivity index (χ2v) is 8.36. The third-order valence-corrected chi connectivity index (χ3v) is 6.12. The summed E-state index contributed by atoms with van der Waals surface area (Å²) in [4.78, 5) is 36.5. The van der Waals surface area contributed by atoms with E-state index in [0.29, 0.717) is 0 Å². The standard InChI is InChI=1S/C27H25FN2O5/c1-16-22(28)11-6-12-23(16)29-26(33)24(13-14-25(31)32)30-27(34)35-15-21-19-9-4-2-7-17(19)18-8-3-5-10-20(18)21/h2-12,21,24H,13-15H2,1H3,(H,29,33)(H,30,34)(H,31,32). The van der Waals surface area contributed by atoms with Crippen LogP contribution in [0.4, 0.5) is 14.9 Å². The molecular weight excluding hydrogens is 451 g/mol. The molecule has 0 saturated carbocycles. The van der Waals surface area contributed by atoms with E-state index >= 15 is 0 Å². The number of benzene rings is 3. The maximum Gasteiger partial charge on any atom is 0.407 e. The van der Waals surface area contributed by atoms with Gasteiger partial charge >= 0.3 is 12.1 Å². The summed E-state index contributed by atoms with van der Waals surface area (Å²) < 4.78 is 19.3. The summed E-state index contributed by atoms with van der Waals surface area (Å²) in [7, 11) is 0. The Morgan fingerprint density at radius 2 is 1.60 bits per heavy atom. The van der Waals surface area contributed by atoms with Gasteiger partial charge in [0.2, 0.25) is 5.91 Å². The quantitative estimate of drug-likeness (QED) is 0.431. The fourth-order valence-electron chi connectivity index (χ4n) is 4.28. The fraction of sp³-hybridized carbons (Fsp3) is 0.222. The van der Waals surface area contributed by atoms with Crippen molar-refractivity contribution >= 4 is 23.7 Å². The number of anilines is 1. The SMILES string of the molecule is Cc1c(F)cccc1NC(=O)C(CCC(=O)O)NC(=O)OCC1c2ccccc2-c2ccccc21. The molecule has 2 amide bonds. The van der Waals surface area contributed by atoms with Gasteiger partial charge in [-0.05, 0) is 47.7 Å². The van der Waals surface area contributed by atoms with Gasteiger partial charge in [0.15, 0.2) is 0 Å². The number of nitrogens with one attached hydrogen (secondary N) is 2. The number of rotatable bonds is 8. The van der Waals surface area contributed by atoms with Crippen LogP contribution in [0.25, 0.3) is 11.1 Å². The van der Waals surface area contributed by atoms with Gasteiger partial charge in [0.25, 0.3) is 0 Å². The van der Waals surface area contributed by atoms with E-state index in [1.165, 1.54) is 25.1 Å². The van der Waals surface area contributed by atoms with Crippen LogP contribution in [0.3, 0.4) is 0 Å². The van der Waals surface area contributed by atoms with Gasteiger partial charge in [-0.3, -0.25) is 9.59 Å². The molecule has 3 N–H and O–H groups in total. The first-order valence-electron chi connectivity index (χ1n) is 11.2. The van der Waals surface area contributed by atoms with Gasteiger partial charge in [-0.15, -0.1) is 0 Å². The summed E-state index contributed by atoms with van der Waals surface area (Å²) in [6.45, 7) is 1.56. The van der Waals surface area contributed by atoms with Gasteiger partial charge in [-0.1, -0.05) is 54.6 Å². The first kappa shape index (κ1) is 23.9. The molecule has 3 aromatic rings. The van der Waals surface area contributed by atoms with Gasteiger partial charge in [-0.25, -0.2) is 9.18 Å². The number of ether oxygens (including phenoxy) is 1. The van der Waals surface area contributed by atoms with Gasteiger partial charge < -0.3 is 20.5 Å². The molecule has 0 heterocycles. The summed E-state index contributed by atoms with van der Waals surface area (Å²) in [5, 5.41) is 14.1. The van der Waals surface area contributed by atoms with Crippen molar-refractivity contribution in [3.05, 3.63) is 89.2 Å². The predicted molar refractivity (Wildman–Crippen MR) is 129 cm³/mol. The lowest BCUT2D eigenvalue weighted by molar-refractivity contribution is -0.137. The van der Waals surface area contributed by atoms with E-state index in [2.05, 4.69) is 10.6 Å². The second-order valence-electron chi connectivity index (χ2n) is 8.36. The van der Waals surface area contributed by atoms with Crippen molar-refractivity contribution in [1.82, 2.24) is 5.32 Å². The van der Waals surface area contributed by atoms with Crippen LogP contribution in [0.5, 0.6) is 0 Å². The number of amides is 2. The van der Waals surface area contributed by atoms with Gasteiger partial charge in [-0.2, -0.15) is 0 Å². The zero-order valence-corrected chi connectivity index (χ0v) is 19.1. The van der Waals surface area contributed by atoms with E-state index < -0.39 is 29.8 Å². The molecule has 0 spiro atoms.